The largest absolute Gasteiger partial charge is 0.339 e. The molecule has 144 valence electrons. The molecule has 4 rings (SSSR count). The van der Waals surface area contributed by atoms with Crippen LogP contribution in [0.4, 0.5) is 0 Å². The maximum atomic E-state index is 12.6. The highest BCUT2D eigenvalue weighted by atomic mass is 16.2. The van der Waals surface area contributed by atoms with E-state index >= 15 is 0 Å². The molecule has 2 N–H and O–H groups in total. The van der Waals surface area contributed by atoms with Crippen molar-refractivity contribution in [3.63, 3.8) is 0 Å². The first-order chi connectivity index (χ1) is 13.1. The van der Waals surface area contributed by atoms with Gasteiger partial charge in [0.05, 0.1) is 17.5 Å². The second-order valence-electron chi connectivity index (χ2n) is 7.68. The number of hydrogen-bond donors (Lipinski definition) is 2. The highest BCUT2D eigenvalue weighted by molar-refractivity contribution is 5.82. The summed E-state index contributed by atoms with van der Waals surface area (Å²) in [7, 11) is 0. The third-order valence-corrected chi connectivity index (χ3v) is 5.83. The number of amides is 2. The van der Waals surface area contributed by atoms with E-state index in [9.17, 15) is 14.4 Å². The molecule has 2 heterocycles. The zero-order valence-corrected chi connectivity index (χ0v) is 15.5. The number of aromatic amines is 2. The Kier molecular flexibility index (Phi) is 5.01. The van der Waals surface area contributed by atoms with Gasteiger partial charge in [-0.2, -0.15) is 0 Å². The number of rotatable bonds is 3. The van der Waals surface area contributed by atoms with Gasteiger partial charge < -0.3 is 19.8 Å². The van der Waals surface area contributed by atoms with Crippen molar-refractivity contribution in [2.45, 2.75) is 38.5 Å². The topological polar surface area (TPSA) is 89.3 Å². The van der Waals surface area contributed by atoms with Crippen LogP contribution < -0.4 is 5.69 Å². The van der Waals surface area contributed by atoms with Crippen LogP contribution in [0.15, 0.2) is 23.0 Å². The predicted octanol–water partition coefficient (Wildman–Crippen LogP) is 1.65. The van der Waals surface area contributed by atoms with E-state index in [1.54, 1.807) is 0 Å². The SMILES string of the molecule is O=C(Cc1ccc2[nH]c(=O)[nH]c2c1)N1CCN(C(=O)C2CCCCC2)CC1. The number of carbonyl (C=O) groups is 2. The van der Waals surface area contributed by atoms with Crippen molar-refractivity contribution < 1.29 is 9.59 Å². The normalized spacial score (nSPS) is 18.8. The molecule has 1 saturated carbocycles. The number of hydrogen-bond acceptors (Lipinski definition) is 3. The summed E-state index contributed by atoms with van der Waals surface area (Å²) >= 11 is 0. The van der Waals surface area contributed by atoms with Crippen LogP contribution in [0, 0.1) is 5.92 Å². The van der Waals surface area contributed by atoms with Crippen molar-refractivity contribution >= 4 is 22.8 Å². The van der Waals surface area contributed by atoms with E-state index in [4.69, 9.17) is 0 Å². The monoisotopic (exact) mass is 370 g/mol. The van der Waals surface area contributed by atoms with Gasteiger partial charge in [0.1, 0.15) is 0 Å². The second kappa shape index (κ2) is 7.58. The minimum atomic E-state index is -0.243. The van der Waals surface area contributed by atoms with E-state index in [1.165, 1.54) is 6.42 Å². The number of nitrogens with one attached hydrogen (secondary N) is 2. The third-order valence-electron chi connectivity index (χ3n) is 5.83. The molecule has 1 saturated heterocycles. The lowest BCUT2D eigenvalue weighted by Gasteiger charge is -2.37. The summed E-state index contributed by atoms with van der Waals surface area (Å²) in [6.07, 6.45) is 5.90. The Morgan fingerprint density at radius 1 is 0.926 bits per heavy atom. The van der Waals surface area contributed by atoms with Gasteiger partial charge in [0, 0.05) is 32.1 Å². The number of fused-ring (bicyclic) bond motifs is 1. The smallest absolute Gasteiger partial charge is 0.323 e. The van der Waals surface area contributed by atoms with Crippen LogP contribution in [-0.2, 0) is 16.0 Å². The Bertz CT molecular complexity index is 886. The molecule has 0 bridgehead atoms. The van der Waals surface area contributed by atoms with Gasteiger partial charge in [-0.05, 0) is 30.5 Å². The lowest BCUT2D eigenvalue weighted by Crippen LogP contribution is -2.52. The minimum absolute atomic E-state index is 0.0667. The fourth-order valence-electron chi connectivity index (χ4n) is 4.26. The Hall–Kier alpha value is -2.57. The standard InChI is InChI=1S/C20H26N4O3/c25-18(13-14-6-7-16-17(12-14)22-20(27)21-16)23-8-10-24(11-9-23)19(26)15-4-2-1-3-5-15/h6-7,12,15H,1-5,8-11,13H2,(H2,21,22,27). The Balaban J connectivity index is 1.32. The quantitative estimate of drug-likeness (QED) is 0.861. The second-order valence-corrected chi connectivity index (χ2v) is 7.68. The summed E-state index contributed by atoms with van der Waals surface area (Å²) < 4.78 is 0. The van der Waals surface area contributed by atoms with Crippen LogP contribution in [0.3, 0.4) is 0 Å². The fraction of sp³-hybridized carbons (Fsp3) is 0.550. The molecule has 1 aromatic carbocycles. The molecule has 0 spiro atoms. The van der Waals surface area contributed by atoms with Gasteiger partial charge in [-0.1, -0.05) is 25.3 Å². The molecule has 0 unspecified atom stereocenters. The molecule has 1 aromatic heterocycles. The van der Waals surface area contributed by atoms with Crippen LogP contribution in [0.25, 0.3) is 11.0 Å². The van der Waals surface area contributed by atoms with Crippen molar-refractivity contribution in [3.8, 4) is 0 Å². The van der Waals surface area contributed by atoms with E-state index in [0.29, 0.717) is 38.1 Å². The highest BCUT2D eigenvalue weighted by Gasteiger charge is 2.29. The van der Waals surface area contributed by atoms with Crippen molar-refractivity contribution in [2.75, 3.05) is 26.2 Å². The maximum Gasteiger partial charge on any atom is 0.323 e. The predicted molar refractivity (Wildman–Crippen MR) is 102 cm³/mol. The number of imidazole rings is 1. The number of nitrogens with zero attached hydrogens (tertiary/aromatic N) is 2. The van der Waals surface area contributed by atoms with Gasteiger partial charge in [0.2, 0.25) is 11.8 Å². The van der Waals surface area contributed by atoms with Crippen LogP contribution >= 0.6 is 0 Å². The number of aromatic nitrogens is 2. The Labute approximate surface area is 157 Å². The maximum absolute atomic E-state index is 12.6. The zero-order valence-electron chi connectivity index (χ0n) is 15.5. The van der Waals surface area contributed by atoms with E-state index in [0.717, 1.165) is 36.8 Å². The van der Waals surface area contributed by atoms with E-state index < -0.39 is 0 Å². The van der Waals surface area contributed by atoms with Gasteiger partial charge in [-0.25, -0.2) is 4.79 Å². The lowest BCUT2D eigenvalue weighted by molar-refractivity contribution is -0.142. The number of benzene rings is 1. The summed E-state index contributed by atoms with van der Waals surface area (Å²) in [6, 6.07) is 5.53. The molecule has 27 heavy (non-hydrogen) atoms. The number of H-pyrrole nitrogens is 2. The summed E-state index contributed by atoms with van der Waals surface area (Å²) in [4.78, 5) is 45.8. The summed E-state index contributed by atoms with van der Waals surface area (Å²) in [5, 5.41) is 0. The van der Waals surface area contributed by atoms with E-state index in [2.05, 4.69) is 9.97 Å². The molecular formula is C20H26N4O3. The van der Waals surface area contributed by atoms with Gasteiger partial charge in [-0.15, -0.1) is 0 Å². The molecule has 2 amide bonds. The molecule has 1 aliphatic heterocycles. The molecule has 2 aliphatic rings. The van der Waals surface area contributed by atoms with Crippen LogP contribution in [-0.4, -0.2) is 57.8 Å². The fourth-order valence-corrected chi connectivity index (χ4v) is 4.26. The van der Waals surface area contributed by atoms with Crippen LogP contribution in [0.1, 0.15) is 37.7 Å². The average molecular weight is 370 g/mol. The minimum Gasteiger partial charge on any atom is -0.339 e. The number of piperazine rings is 1. The highest BCUT2D eigenvalue weighted by Crippen LogP contribution is 2.26. The van der Waals surface area contributed by atoms with Gasteiger partial charge in [-0.3, -0.25) is 9.59 Å². The van der Waals surface area contributed by atoms with Crippen molar-refractivity contribution in [1.82, 2.24) is 19.8 Å². The van der Waals surface area contributed by atoms with Gasteiger partial charge in [0.25, 0.3) is 0 Å². The first kappa shape index (κ1) is 17.8. The molecule has 0 atom stereocenters. The number of carbonyl (C=O) groups excluding carboxylic acids is 2. The molecular weight excluding hydrogens is 344 g/mol. The third kappa shape index (κ3) is 3.91. The first-order valence-electron chi connectivity index (χ1n) is 9.87. The lowest BCUT2D eigenvalue weighted by atomic mass is 9.88. The van der Waals surface area contributed by atoms with Crippen molar-refractivity contribution in [1.29, 1.82) is 0 Å². The van der Waals surface area contributed by atoms with Crippen LogP contribution in [0.2, 0.25) is 0 Å². The molecule has 1 aliphatic carbocycles. The first-order valence-corrected chi connectivity index (χ1v) is 9.87. The summed E-state index contributed by atoms with van der Waals surface area (Å²) in [6.45, 7) is 2.46. The van der Waals surface area contributed by atoms with Gasteiger partial charge in [0.15, 0.2) is 0 Å². The summed E-state index contributed by atoms with van der Waals surface area (Å²) in [5.41, 5.74) is 2.09. The molecule has 0 radical (unpaired) electrons. The Morgan fingerprint density at radius 2 is 1.59 bits per heavy atom. The van der Waals surface area contributed by atoms with E-state index in [1.807, 2.05) is 28.0 Å². The molecule has 2 aromatic rings. The van der Waals surface area contributed by atoms with Gasteiger partial charge >= 0.3 is 5.69 Å². The molecule has 7 nitrogen and oxygen atoms in total. The molecule has 2 fully saturated rings. The van der Waals surface area contributed by atoms with E-state index in [-0.39, 0.29) is 23.4 Å². The zero-order chi connectivity index (χ0) is 18.8. The van der Waals surface area contributed by atoms with Crippen molar-refractivity contribution in [3.05, 3.63) is 34.2 Å². The Morgan fingerprint density at radius 3 is 2.33 bits per heavy atom. The van der Waals surface area contributed by atoms with Crippen molar-refractivity contribution in [2.24, 2.45) is 5.92 Å². The average Bonchev–Trinajstić information content (AvgIpc) is 3.07. The summed E-state index contributed by atoms with van der Waals surface area (Å²) in [5.74, 6) is 0.539. The molecule has 7 heteroatoms. The van der Waals surface area contributed by atoms with Crippen LogP contribution in [0.5, 0.6) is 0 Å².